The lowest BCUT2D eigenvalue weighted by Crippen LogP contribution is -2.40. The zero-order valence-corrected chi connectivity index (χ0v) is 14.5. The van der Waals surface area contributed by atoms with Crippen LogP contribution in [0.15, 0.2) is 18.3 Å². The summed E-state index contributed by atoms with van der Waals surface area (Å²) >= 11 is 0. The van der Waals surface area contributed by atoms with Crippen LogP contribution in [0.2, 0.25) is 0 Å². The maximum absolute atomic E-state index is 12.9. The predicted octanol–water partition coefficient (Wildman–Crippen LogP) is 0.774. The second-order valence-electron chi connectivity index (χ2n) is 7.39. The minimum atomic E-state index is -0.158. The molecule has 1 aliphatic carbocycles. The number of anilines is 1. The lowest BCUT2D eigenvalue weighted by Gasteiger charge is -2.24. The Morgan fingerprint density at radius 3 is 2.84 bits per heavy atom. The molecule has 0 bridgehead atoms. The SMILES string of the molecule is O=C1C[C@H](C(=O)N2CCCN(c3cccnn3)CC2)CN1CC1CC1. The van der Waals surface area contributed by atoms with Crippen LogP contribution in [0.3, 0.4) is 0 Å². The van der Waals surface area contributed by atoms with Gasteiger partial charge in [-0.3, -0.25) is 9.59 Å². The van der Waals surface area contributed by atoms with E-state index in [0.29, 0.717) is 25.4 Å². The summed E-state index contributed by atoms with van der Waals surface area (Å²) in [5.74, 6) is 1.68. The predicted molar refractivity (Wildman–Crippen MR) is 92.9 cm³/mol. The molecule has 7 heteroatoms. The van der Waals surface area contributed by atoms with Gasteiger partial charge < -0.3 is 14.7 Å². The van der Waals surface area contributed by atoms with Gasteiger partial charge in [0.1, 0.15) is 0 Å². The number of nitrogens with zero attached hydrogens (tertiary/aromatic N) is 5. The third-order valence-electron chi connectivity index (χ3n) is 5.43. The van der Waals surface area contributed by atoms with E-state index in [2.05, 4.69) is 15.1 Å². The molecule has 0 unspecified atom stereocenters. The van der Waals surface area contributed by atoms with E-state index >= 15 is 0 Å². The lowest BCUT2D eigenvalue weighted by atomic mass is 10.1. The van der Waals surface area contributed by atoms with Gasteiger partial charge in [-0.1, -0.05) is 0 Å². The molecule has 1 aromatic heterocycles. The van der Waals surface area contributed by atoms with Crippen molar-refractivity contribution in [3.63, 3.8) is 0 Å². The smallest absolute Gasteiger partial charge is 0.228 e. The Labute approximate surface area is 148 Å². The number of hydrogen-bond donors (Lipinski definition) is 0. The molecule has 25 heavy (non-hydrogen) atoms. The first-order valence-corrected chi connectivity index (χ1v) is 9.30. The number of amides is 2. The molecule has 1 saturated carbocycles. The topological polar surface area (TPSA) is 69.6 Å². The van der Waals surface area contributed by atoms with E-state index < -0.39 is 0 Å². The monoisotopic (exact) mass is 343 g/mol. The van der Waals surface area contributed by atoms with Crippen molar-refractivity contribution in [2.75, 3.05) is 44.2 Å². The normalized spacial score (nSPS) is 24.6. The number of likely N-dealkylation sites (tertiary alicyclic amines) is 1. The van der Waals surface area contributed by atoms with Crippen molar-refractivity contribution in [2.45, 2.75) is 25.7 Å². The first kappa shape index (κ1) is 16.3. The Kier molecular flexibility index (Phi) is 4.55. The Bertz CT molecular complexity index is 634. The fraction of sp³-hybridized carbons (Fsp3) is 0.667. The second kappa shape index (κ2) is 6.98. The molecule has 7 nitrogen and oxygen atoms in total. The summed E-state index contributed by atoms with van der Waals surface area (Å²) in [5.41, 5.74) is 0. The molecule has 1 atom stereocenters. The molecule has 0 spiro atoms. The van der Waals surface area contributed by atoms with E-state index in [0.717, 1.165) is 38.4 Å². The van der Waals surface area contributed by atoms with Crippen LogP contribution < -0.4 is 4.90 Å². The zero-order chi connectivity index (χ0) is 17.2. The molecule has 134 valence electrons. The summed E-state index contributed by atoms with van der Waals surface area (Å²) in [6, 6.07) is 3.84. The van der Waals surface area contributed by atoms with Crippen molar-refractivity contribution >= 4 is 17.6 Å². The standard InChI is InChI=1S/C18H25N5O2/c24-17-11-15(13-23(17)12-14-4-5-14)18(25)22-8-2-7-21(9-10-22)16-3-1-6-19-20-16/h1,3,6,14-15H,2,4-5,7-13H2/t15-/m0/s1. The highest BCUT2D eigenvalue weighted by Gasteiger charge is 2.38. The van der Waals surface area contributed by atoms with Crippen LogP contribution >= 0.6 is 0 Å². The maximum atomic E-state index is 12.9. The van der Waals surface area contributed by atoms with Crippen molar-refractivity contribution in [1.82, 2.24) is 20.0 Å². The average molecular weight is 343 g/mol. The highest BCUT2D eigenvalue weighted by Crippen LogP contribution is 2.32. The van der Waals surface area contributed by atoms with Gasteiger partial charge in [0.2, 0.25) is 11.8 Å². The van der Waals surface area contributed by atoms with Gasteiger partial charge in [0.05, 0.1) is 5.92 Å². The molecule has 3 aliphatic rings. The molecule has 0 aromatic carbocycles. The van der Waals surface area contributed by atoms with E-state index in [4.69, 9.17) is 0 Å². The zero-order valence-electron chi connectivity index (χ0n) is 14.5. The van der Waals surface area contributed by atoms with Crippen molar-refractivity contribution < 1.29 is 9.59 Å². The van der Waals surface area contributed by atoms with Gasteiger partial charge in [-0.2, -0.15) is 5.10 Å². The van der Waals surface area contributed by atoms with E-state index in [9.17, 15) is 9.59 Å². The molecule has 2 saturated heterocycles. The molecular formula is C18H25N5O2. The average Bonchev–Trinajstić information content (AvgIpc) is 3.41. The Morgan fingerprint density at radius 1 is 1.20 bits per heavy atom. The summed E-state index contributed by atoms with van der Waals surface area (Å²) in [4.78, 5) is 31.1. The number of rotatable bonds is 4. The maximum Gasteiger partial charge on any atom is 0.228 e. The Balaban J connectivity index is 1.34. The number of aromatic nitrogens is 2. The molecule has 3 heterocycles. The Hall–Kier alpha value is -2.18. The summed E-state index contributed by atoms with van der Waals surface area (Å²) in [5, 5.41) is 8.10. The van der Waals surface area contributed by atoms with Crippen LogP contribution in [0.5, 0.6) is 0 Å². The first-order valence-electron chi connectivity index (χ1n) is 9.30. The number of carbonyl (C=O) groups is 2. The van der Waals surface area contributed by atoms with Crippen LogP contribution in [0.25, 0.3) is 0 Å². The lowest BCUT2D eigenvalue weighted by molar-refractivity contribution is -0.135. The molecule has 1 aromatic rings. The second-order valence-corrected chi connectivity index (χ2v) is 7.39. The van der Waals surface area contributed by atoms with Gasteiger partial charge in [-0.25, -0.2) is 0 Å². The minimum Gasteiger partial charge on any atom is -0.353 e. The van der Waals surface area contributed by atoms with Crippen LogP contribution in [-0.4, -0.2) is 71.1 Å². The summed E-state index contributed by atoms with van der Waals surface area (Å²) in [6.07, 6.45) is 5.42. The van der Waals surface area contributed by atoms with Gasteiger partial charge in [-0.05, 0) is 37.3 Å². The minimum absolute atomic E-state index is 0.146. The summed E-state index contributed by atoms with van der Waals surface area (Å²) < 4.78 is 0. The molecule has 4 rings (SSSR count). The van der Waals surface area contributed by atoms with E-state index in [1.165, 1.54) is 12.8 Å². The highest BCUT2D eigenvalue weighted by molar-refractivity contribution is 5.89. The van der Waals surface area contributed by atoms with Gasteiger partial charge in [0, 0.05) is 51.9 Å². The highest BCUT2D eigenvalue weighted by atomic mass is 16.2. The van der Waals surface area contributed by atoms with Crippen molar-refractivity contribution in [1.29, 1.82) is 0 Å². The number of hydrogen-bond acceptors (Lipinski definition) is 5. The number of carbonyl (C=O) groups excluding carboxylic acids is 2. The van der Waals surface area contributed by atoms with E-state index in [1.54, 1.807) is 6.20 Å². The van der Waals surface area contributed by atoms with Gasteiger partial charge in [0.25, 0.3) is 0 Å². The van der Waals surface area contributed by atoms with Crippen LogP contribution in [0, 0.1) is 11.8 Å². The van der Waals surface area contributed by atoms with Gasteiger partial charge in [0.15, 0.2) is 5.82 Å². The fourth-order valence-corrected chi connectivity index (χ4v) is 3.81. The molecule has 3 fully saturated rings. The third kappa shape index (κ3) is 3.75. The van der Waals surface area contributed by atoms with Crippen LogP contribution in [0.4, 0.5) is 5.82 Å². The van der Waals surface area contributed by atoms with Crippen molar-refractivity contribution in [2.24, 2.45) is 11.8 Å². The fourth-order valence-electron chi connectivity index (χ4n) is 3.81. The largest absolute Gasteiger partial charge is 0.353 e. The third-order valence-corrected chi connectivity index (χ3v) is 5.43. The van der Waals surface area contributed by atoms with Gasteiger partial charge >= 0.3 is 0 Å². The quantitative estimate of drug-likeness (QED) is 0.808. The molecule has 0 radical (unpaired) electrons. The van der Waals surface area contributed by atoms with Crippen molar-refractivity contribution in [3.05, 3.63) is 18.3 Å². The first-order chi connectivity index (χ1) is 12.2. The molecule has 2 amide bonds. The molecule has 0 N–H and O–H groups in total. The van der Waals surface area contributed by atoms with Crippen molar-refractivity contribution in [3.8, 4) is 0 Å². The summed E-state index contributed by atoms with van der Waals surface area (Å²) in [7, 11) is 0. The Morgan fingerprint density at radius 2 is 2.08 bits per heavy atom. The summed E-state index contributed by atoms with van der Waals surface area (Å²) in [6.45, 7) is 4.53. The molecule has 2 aliphatic heterocycles. The van der Waals surface area contributed by atoms with Crippen LogP contribution in [0.1, 0.15) is 25.7 Å². The van der Waals surface area contributed by atoms with Gasteiger partial charge in [-0.15, -0.1) is 5.10 Å². The van der Waals surface area contributed by atoms with Crippen LogP contribution in [-0.2, 0) is 9.59 Å². The molecular weight excluding hydrogens is 318 g/mol. The van der Waals surface area contributed by atoms with E-state index in [-0.39, 0.29) is 17.7 Å². The van der Waals surface area contributed by atoms with E-state index in [1.807, 2.05) is 21.9 Å².